The normalized spacial score (nSPS) is 12.4. The number of alkyl halides is 3. The van der Waals surface area contributed by atoms with Crippen LogP contribution in [0.15, 0.2) is 51.8 Å². The molecule has 0 bridgehead atoms. The van der Waals surface area contributed by atoms with Crippen LogP contribution in [0.25, 0.3) is 16.9 Å². The molecule has 0 aliphatic carbocycles. The Bertz CT molecular complexity index is 1170. The molecule has 0 radical (unpaired) electrons. The van der Waals surface area contributed by atoms with E-state index in [-0.39, 0.29) is 11.3 Å². The molecule has 1 heterocycles. The Hall–Kier alpha value is -2.24. The molecular weight excluding hydrogens is 466 g/mol. The van der Waals surface area contributed by atoms with Gasteiger partial charge in [0.2, 0.25) is 10.0 Å². The Morgan fingerprint density at radius 1 is 1.11 bits per heavy atom. The van der Waals surface area contributed by atoms with Gasteiger partial charge in [-0.3, -0.25) is 0 Å². The average molecular weight is 478 g/mol. The zero-order valence-corrected chi connectivity index (χ0v) is 16.5. The van der Waals surface area contributed by atoms with Crippen LogP contribution < -0.4 is 5.14 Å². The van der Waals surface area contributed by atoms with Gasteiger partial charge in [0, 0.05) is 10.0 Å². The van der Waals surface area contributed by atoms with Gasteiger partial charge in [-0.15, -0.1) is 0 Å². The molecule has 0 fully saturated rings. The van der Waals surface area contributed by atoms with Gasteiger partial charge in [0.1, 0.15) is 10.7 Å². The highest BCUT2D eigenvalue weighted by Gasteiger charge is 2.35. The Kier molecular flexibility index (Phi) is 5.11. The second kappa shape index (κ2) is 6.98. The van der Waals surface area contributed by atoms with E-state index in [1.807, 2.05) is 0 Å². The summed E-state index contributed by atoms with van der Waals surface area (Å²) in [6, 6.07) is 8.44. The van der Waals surface area contributed by atoms with Crippen molar-refractivity contribution < 1.29 is 26.0 Å². The third kappa shape index (κ3) is 3.96. The lowest BCUT2D eigenvalue weighted by molar-refractivity contribution is -0.141. The lowest BCUT2D eigenvalue weighted by Gasteiger charge is -2.10. The van der Waals surface area contributed by atoms with E-state index in [0.717, 1.165) is 32.9 Å². The predicted molar refractivity (Wildman–Crippen MR) is 97.8 cm³/mol. The highest BCUT2D eigenvalue weighted by atomic mass is 79.9. The molecule has 3 rings (SSSR count). The number of nitrogens with two attached hydrogens (primary N) is 1. The zero-order valence-electron chi connectivity index (χ0n) is 14.1. The topological polar surface area (TPSA) is 78.0 Å². The van der Waals surface area contributed by atoms with Crippen LogP contribution >= 0.6 is 15.9 Å². The molecule has 2 N–H and O–H groups in total. The molecule has 0 aliphatic rings. The van der Waals surface area contributed by atoms with Gasteiger partial charge in [-0.05, 0) is 48.9 Å². The van der Waals surface area contributed by atoms with Crippen molar-refractivity contribution in [3.05, 3.63) is 64.0 Å². The van der Waals surface area contributed by atoms with Crippen LogP contribution in [0.3, 0.4) is 0 Å². The summed E-state index contributed by atoms with van der Waals surface area (Å²) in [5, 5.41) is 8.53. The number of hydrogen-bond acceptors (Lipinski definition) is 3. The van der Waals surface area contributed by atoms with E-state index < -0.39 is 32.6 Å². The van der Waals surface area contributed by atoms with E-state index in [4.69, 9.17) is 5.14 Å². The van der Waals surface area contributed by atoms with E-state index in [1.54, 1.807) is 25.1 Å². The molecular formula is C17H12BrF4N3O2S. The minimum absolute atomic E-state index is 0.00784. The van der Waals surface area contributed by atoms with E-state index in [9.17, 15) is 26.0 Å². The van der Waals surface area contributed by atoms with E-state index in [2.05, 4.69) is 21.0 Å². The fourth-order valence-corrected chi connectivity index (χ4v) is 3.41. The first-order chi connectivity index (χ1) is 12.9. The van der Waals surface area contributed by atoms with Gasteiger partial charge in [0.05, 0.1) is 11.4 Å². The summed E-state index contributed by atoms with van der Waals surface area (Å²) >= 11 is 3.31. The maximum atomic E-state index is 14.2. The fourth-order valence-electron chi connectivity index (χ4n) is 2.57. The highest BCUT2D eigenvalue weighted by Crippen LogP contribution is 2.34. The molecule has 0 saturated carbocycles. The standard InChI is InChI=1S/C17H12BrF4N3O2S/c1-9-6-11(3-4-12(9)18)25-14(8-16(24-25)17(20,21)22)10-2-5-15(13(19)7-10)28(23,26)27/h2-8H,1H3,(H2,23,26,27). The minimum Gasteiger partial charge on any atom is -0.232 e. The molecule has 0 saturated heterocycles. The molecule has 0 aliphatic heterocycles. The Labute approximate surface area is 166 Å². The van der Waals surface area contributed by atoms with Crippen molar-refractivity contribution in [1.29, 1.82) is 0 Å². The Morgan fingerprint density at radius 3 is 2.32 bits per heavy atom. The Balaban J connectivity index is 2.24. The van der Waals surface area contributed by atoms with Gasteiger partial charge >= 0.3 is 6.18 Å². The summed E-state index contributed by atoms with van der Waals surface area (Å²) in [5.74, 6) is -1.17. The molecule has 11 heteroatoms. The molecule has 5 nitrogen and oxygen atoms in total. The summed E-state index contributed by atoms with van der Waals surface area (Å²) < 4.78 is 78.3. The van der Waals surface area contributed by atoms with Gasteiger partial charge < -0.3 is 0 Å². The minimum atomic E-state index is -4.72. The molecule has 2 aromatic carbocycles. The number of halogens is 5. The number of hydrogen-bond donors (Lipinski definition) is 1. The largest absolute Gasteiger partial charge is 0.435 e. The van der Waals surface area contributed by atoms with Crippen LogP contribution in [0.5, 0.6) is 0 Å². The third-order valence-electron chi connectivity index (χ3n) is 3.92. The van der Waals surface area contributed by atoms with Crippen LogP contribution in [0.1, 0.15) is 11.3 Å². The van der Waals surface area contributed by atoms with Crippen molar-refractivity contribution in [2.24, 2.45) is 5.14 Å². The molecule has 0 amide bonds. The van der Waals surface area contributed by atoms with Crippen LogP contribution in [-0.4, -0.2) is 18.2 Å². The Morgan fingerprint density at radius 2 is 1.79 bits per heavy atom. The number of rotatable bonds is 3. The lowest BCUT2D eigenvalue weighted by atomic mass is 10.1. The third-order valence-corrected chi connectivity index (χ3v) is 5.75. The number of benzene rings is 2. The zero-order chi connectivity index (χ0) is 20.9. The number of aryl methyl sites for hydroxylation is 1. The maximum absolute atomic E-state index is 14.2. The second-order valence-electron chi connectivity index (χ2n) is 5.95. The SMILES string of the molecule is Cc1cc(-n2nc(C(F)(F)F)cc2-c2ccc(S(N)(=O)=O)c(F)c2)ccc1Br. The van der Waals surface area contributed by atoms with Crippen LogP contribution in [0.4, 0.5) is 17.6 Å². The lowest BCUT2D eigenvalue weighted by Crippen LogP contribution is -2.14. The van der Waals surface area contributed by atoms with E-state index in [0.29, 0.717) is 5.69 Å². The average Bonchev–Trinajstić information content (AvgIpc) is 3.01. The van der Waals surface area contributed by atoms with Crippen molar-refractivity contribution in [3.63, 3.8) is 0 Å². The number of nitrogens with zero attached hydrogens (tertiary/aromatic N) is 2. The van der Waals surface area contributed by atoms with Crippen LogP contribution in [0.2, 0.25) is 0 Å². The van der Waals surface area contributed by atoms with E-state index in [1.165, 1.54) is 6.07 Å². The molecule has 0 atom stereocenters. The smallest absolute Gasteiger partial charge is 0.232 e. The van der Waals surface area contributed by atoms with Crippen LogP contribution in [-0.2, 0) is 16.2 Å². The summed E-state index contributed by atoms with van der Waals surface area (Å²) in [6.07, 6.45) is -4.72. The monoisotopic (exact) mass is 477 g/mol. The highest BCUT2D eigenvalue weighted by molar-refractivity contribution is 9.10. The summed E-state index contributed by atoms with van der Waals surface area (Å²) in [5.41, 5.74) is -0.146. The van der Waals surface area contributed by atoms with Gasteiger partial charge in [0.25, 0.3) is 0 Å². The van der Waals surface area contributed by atoms with Crippen molar-refractivity contribution >= 4 is 26.0 Å². The number of primary sulfonamides is 1. The molecule has 1 aromatic heterocycles. The second-order valence-corrected chi connectivity index (χ2v) is 8.33. The summed E-state index contributed by atoms with van der Waals surface area (Å²) in [6.45, 7) is 1.75. The van der Waals surface area contributed by atoms with Crippen molar-refractivity contribution in [1.82, 2.24) is 9.78 Å². The summed E-state index contributed by atoms with van der Waals surface area (Å²) in [4.78, 5) is -0.752. The predicted octanol–water partition coefficient (Wildman–Crippen LogP) is 4.42. The van der Waals surface area contributed by atoms with Crippen molar-refractivity contribution in [3.8, 4) is 16.9 Å². The van der Waals surface area contributed by atoms with Crippen molar-refractivity contribution in [2.75, 3.05) is 0 Å². The molecule has 0 unspecified atom stereocenters. The first kappa shape index (κ1) is 20.5. The van der Waals surface area contributed by atoms with Gasteiger partial charge in [0.15, 0.2) is 5.69 Å². The van der Waals surface area contributed by atoms with Gasteiger partial charge in [-0.1, -0.05) is 22.0 Å². The van der Waals surface area contributed by atoms with Crippen LogP contribution in [0, 0.1) is 12.7 Å². The van der Waals surface area contributed by atoms with Crippen molar-refractivity contribution in [2.45, 2.75) is 18.0 Å². The molecule has 148 valence electrons. The molecule has 3 aromatic rings. The first-order valence-electron chi connectivity index (χ1n) is 7.64. The fraction of sp³-hybridized carbons (Fsp3) is 0.118. The first-order valence-corrected chi connectivity index (χ1v) is 9.98. The molecule has 0 spiro atoms. The summed E-state index contributed by atoms with van der Waals surface area (Å²) in [7, 11) is -4.31. The van der Waals surface area contributed by atoms with Gasteiger partial charge in [-0.2, -0.15) is 18.3 Å². The van der Waals surface area contributed by atoms with Gasteiger partial charge in [-0.25, -0.2) is 22.6 Å². The number of aromatic nitrogens is 2. The quantitative estimate of drug-likeness (QED) is 0.567. The molecule has 28 heavy (non-hydrogen) atoms. The van der Waals surface area contributed by atoms with E-state index >= 15 is 0 Å². The maximum Gasteiger partial charge on any atom is 0.435 e. The number of sulfonamides is 1.